The smallest absolute Gasteiger partial charge is 0.228 e. The molecule has 2 nitrogen and oxygen atoms in total. The molecule has 3 heteroatoms. The fraction of sp³-hybridized carbons (Fsp3) is 0.143. The van der Waals surface area contributed by atoms with E-state index in [1.54, 1.807) is 19.2 Å². The summed E-state index contributed by atoms with van der Waals surface area (Å²) in [6, 6.07) is 15.0. The Hall–Kier alpha value is -2.03. The van der Waals surface area contributed by atoms with Crippen LogP contribution in [0.5, 0.6) is 11.5 Å². The van der Waals surface area contributed by atoms with Crippen LogP contribution in [0.3, 0.4) is 0 Å². The Labute approximate surface area is 99.6 Å². The molecule has 0 heterocycles. The maximum Gasteiger partial charge on any atom is 0.228 e. The molecule has 0 radical (unpaired) electrons. The predicted molar refractivity (Wildman–Crippen MR) is 65.0 cm³/mol. The van der Waals surface area contributed by atoms with Gasteiger partial charge in [-0.05, 0) is 35.4 Å². The number of methoxy groups -OCH3 is 1. The van der Waals surface area contributed by atoms with Gasteiger partial charge in [0.1, 0.15) is 11.5 Å². The number of hydrogen-bond acceptors (Lipinski definition) is 2. The molecule has 88 valence electrons. The van der Waals surface area contributed by atoms with Gasteiger partial charge in [-0.25, -0.2) is 4.39 Å². The van der Waals surface area contributed by atoms with Crippen LogP contribution in [0.4, 0.5) is 4.39 Å². The highest BCUT2D eigenvalue weighted by Crippen LogP contribution is 2.26. The van der Waals surface area contributed by atoms with Crippen molar-refractivity contribution in [3.8, 4) is 22.6 Å². The van der Waals surface area contributed by atoms with Gasteiger partial charge in [-0.1, -0.05) is 24.3 Å². The van der Waals surface area contributed by atoms with Gasteiger partial charge >= 0.3 is 0 Å². The number of ether oxygens (including phenoxy) is 2. The summed E-state index contributed by atoms with van der Waals surface area (Å²) in [5.74, 6) is 1.31. The standard InChI is InChI=1S/C14H13FO2/c1-16-13-6-2-4-11(8-13)12-5-3-7-14(9-12)17-10-15/h2-9H,10H2,1H3. The molecule has 0 aliphatic carbocycles. The van der Waals surface area contributed by atoms with Crippen molar-refractivity contribution < 1.29 is 13.9 Å². The molecular formula is C14H13FO2. The van der Waals surface area contributed by atoms with Crippen molar-refractivity contribution in [2.45, 2.75) is 0 Å². The van der Waals surface area contributed by atoms with Gasteiger partial charge in [0.2, 0.25) is 6.86 Å². The molecule has 0 aliphatic rings. The van der Waals surface area contributed by atoms with Gasteiger partial charge in [0, 0.05) is 0 Å². The summed E-state index contributed by atoms with van der Waals surface area (Å²) in [5, 5.41) is 0. The molecule has 0 amide bonds. The summed E-state index contributed by atoms with van der Waals surface area (Å²) >= 11 is 0. The van der Waals surface area contributed by atoms with Crippen LogP contribution in [0.2, 0.25) is 0 Å². The van der Waals surface area contributed by atoms with Crippen molar-refractivity contribution in [2.75, 3.05) is 14.0 Å². The minimum absolute atomic E-state index is 0.521. The SMILES string of the molecule is COc1cccc(-c2cccc(OCF)c2)c1. The predicted octanol–water partition coefficient (Wildman–Crippen LogP) is 3.67. The zero-order valence-corrected chi connectivity index (χ0v) is 9.52. The molecule has 0 unspecified atom stereocenters. The lowest BCUT2D eigenvalue weighted by atomic mass is 10.1. The van der Waals surface area contributed by atoms with Gasteiger partial charge in [-0.2, -0.15) is 0 Å². The van der Waals surface area contributed by atoms with Crippen LogP contribution >= 0.6 is 0 Å². The first-order valence-corrected chi connectivity index (χ1v) is 5.27. The lowest BCUT2D eigenvalue weighted by Crippen LogP contribution is -1.90. The Morgan fingerprint density at radius 2 is 1.53 bits per heavy atom. The molecule has 0 bridgehead atoms. The highest BCUT2D eigenvalue weighted by molar-refractivity contribution is 5.66. The first-order valence-electron chi connectivity index (χ1n) is 5.27. The van der Waals surface area contributed by atoms with Crippen molar-refractivity contribution in [2.24, 2.45) is 0 Å². The second kappa shape index (κ2) is 5.34. The van der Waals surface area contributed by atoms with E-state index in [1.807, 2.05) is 36.4 Å². The second-order valence-electron chi connectivity index (χ2n) is 3.51. The van der Waals surface area contributed by atoms with Crippen molar-refractivity contribution in [1.82, 2.24) is 0 Å². The molecule has 0 saturated carbocycles. The Morgan fingerprint density at radius 3 is 2.12 bits per heavy atom. The summed E-state index contributed by atoms with van der Waals surface area (Å²) in [5.41, 5.74) is 1.98. The highest BCUT2D eigenvalue weighted by Gasteiger charge is 2.01. The Kier molecular flexibility index (Phi) is 3.60. The van der Waals surface area contributed by atoms with Crippen LogP contribution in [0.15, 0.2) is 48.5 Å². The van der Waals surface area contributed by atoms with Gasteiger partial charge in [-0.15, -0.1) is 0 Å². The first kappa shape index (κ1) is 11.5. The molecule has 2 aromatic carbocycles. The summed E-state index contributed by atoms with van der Waals surface area (Å²) in [7, 11) is 1.63. The fourth-order valence-electron chi connectivity index (χ4n) is 1.63. The zero-order chi connectivity index (χ0) is 12.1. The van der Waals surface area contributed by atoms with E-state index in [4.69, 9.17) is 9.47 Å². The van der Waals surface area contributed by atoms with E-state index < -0.39 is 6.86 Å². The number of rotatable bonds is 4. The van der Waals surface area contributed by atoms with Gasteiger partial charge in [-0.3, -0.25) is 0 Å². The summed E-state index contributed by atoms with van der Waals surface area (Å²) in [6.07, 6.45) is 0. The largest absolute Gasteiger partial charge is 0.497 e. The maximum absolute atomic E-state index is 12.1. The van der Waals surface area contributed by atoms with Crippen LogP contribution in [-0.2, 0) is 0 Å². The van der Waals surface area contributed by atoms with E-state index in [1.165, 1.54) is 0 Å². The molecule has 0 N–H and O–H groups in total. The van der Waals surface area contributed by atoms with E-state index in [0.717, 1.165) is 16.9 Å². The molecular weight excluding hydrogens is 219 g/mol. The van der Waals surface area contributed by atoms with E-state index in [2.05, 4.69) is 0 Å². The molecule has 0 fully saturated rings. The third kappa shape index (κ3) is 2.75. The quantitative estimate of drug-likeness (QED) is 0.800. The van der Waals surface area contributed by atoms with Gasteiger partial charge in [0.25, 0.3) is 0 Å². The molecule has 0 spiro atoms. The average molecular weight is 232 g/mol. The normalized spacial score (nSPS) is 10.0. The Balaban J connectivity index is 2.34. The number of benzene rings is 2. The summed E-state index contributed by atoms with van der Waals surface area (Å²) in [6.45, 7) is -0.818. The summed E-state index contributed by atoms with van der Waals surface area (Å²) < 4.78 is 22.1. The van der Waals surface area contributed by atoms with Gasteiger partial charge < -0.3 is 9.47 Å². The number of hydrogen-bond donors (Lipinski definition) is 0. The average Bonchev–Trinajstić information content (AvgIpc) is 2.40. The second-order valence-corrected chi connectivity index (χ2v) is 3.51. The van der Waals surface area contributed by atoms with Crippen LogP contribution in [0.25, 0.3) is 11.1 Å². The Bertz CT molecular complexity index is 497. The van der Waals surface area contributed by atoms with Crippen LogP contribution in [0, 0.1) is 0 Å². The van der Waals surface area contributed by atoms with Crippen molar-refractivity contribution in [1.29, 1.82) is 0 Å². The summed E-state index contributed by atoms with van der Waals surface area (Å²) in [4.78, 5) is 0. The van der Waals surface area contributed by atoms with Crippen molar-refractivity contribution in [3.63, 3.8) is 0 Å². The zero-order valence-electron chi connectivity index (χ0n) is 9.52. The lowest BCUT2D eigenvalue weighted by molar-refractivity contribution is 0.192. The lowest BCUT2D eigenvalue weighted by Gasteiger charge is -2.06. The van der Waals surface area contributed by atoms with Crippen molar-refractivity contribution in [3.05, 3.63) is 48.5 Å². The van der Waals surface area contributed by atoms with Crippen LogP contribution < -0.4 is 9.47 Å². The number of halogens is 1. The third-order valence-electron chi connectivity index (χ3n) is 2.46. The molecule has 2 aromatic rings. The molecule has 17 heavy (non-hydrogen) atoms. The number of alkyl halides is 1. The first-order chi connectivity index (χ1) is 8.33. The fourth-order valence-corrected chi connectivity index (χ4v) is 1.63. The minimum Gasteiger partial charge on any atom is -0.497 e. The molecule has 0 saturated heterocycles. The maximum atomic E-state index is 12.1. The third-order valence-corrected chi connectivity index (χ3v) is 2.46. The Morgan fingerprint density at radius 1 is 0.941 bits per heavy atom. The van der Waals surface area contributed by atoms with Gasteiger partial charge in [0.05, 0.1) is 7.11 Å². The monoisotopic (exact) mass is 232 g/mol. The van der Waals surface area contributed by atoms with E-state index in [9.17, 15) is 4.39 Å². The van der Waals surface area contributed by atoms with Crippen LogP contribution in [0.1, 0.15) is 0 Å². The molecule has 0 atom stereocenters. The topological polar surface area (TPSA) is 18.5 Å². The van der Waals surface area contributed by atoms with Crippen LogP contribution in [-0.4, -0.2) is 14.0 Å². The molecule has 0 aliphatic heterocycles. The van der Waals surface area contributed by atoms with E-state index in [0.29, 0.717) is 5.75 Å². The van der Waals surface area contributed by atoms with E-state index in [-0.39, 0.29) is 0 Å². The highest BCUT2D eigenvalue weighted by atomic mass is 19.1. The molecule has 0 aromatic heterocycles. The molecule has 2 rings (SSSR count). The van der Waals surface area contributed by atoms with E-state index >= 15 is 0 Å². The minimum atomic E-state index is -0.818. The van der Waals surface area contributed by atoms with Gasteiger partial charge in [0.15, 0.2) is 0 Å². The van der Waals surface area contributed by atoms with Crippen molar-refractivity contribution >= 4 is 0 Å².